The summed E-state index contributed by atoms with van der Waals surface area (Å²) in [4.78, 5) is 66.1. The average molecular weight is 744 g/mol. The van der Waals surface area contributed by atoms with Crippen LogP contribution in [0.2, 0.25) is 0 Å². The predicted octanol–water partition coefficient (Wildman–Crippen LogP) is 5.22. The number of amides is 2. The molecule has 53 heavy (non-hydrogen) atoms. The number of rotatable bonds is 23. The number of benzene rings is 1. The van der Waals surface area contributed by atoms with Gasteiger partial charge in [0, 0.05) is 46.8 Å². The Morgan fingerprint density at radius 2 is 1.25 bits per heavy atom. The summed E-state index contributed by atoms with van der Waals surface area (Å²) in [6, 6.07) is 7.92. The van der Waals surface area contributed by atoms with Crippen molar-refractivity contribution in [3.63, 3.8) is 0 Å². The van der Waals surface area contributed by atoms with E-state index in [0.29, 0.717) is 19.5 Å². The minimum Gasteiger partial charge on any atom is -0.383 e. The largest absolute Gasteiger partial charge is 0.383 e. The molecule has 0 saturated heterocycles. The Morgan fingerprint density at radius 1 is 0.717 bits per heavy atom. The summed E-state index contributed by atoms with van der Waals surface area (Å²) < 4.78 is 0. The van der Waals surface area contributed by atoms with Gasteiger partial charge in [-0.25, -0.2) is 0 Å². The van der Waals surface area contributed by atoms with Gasteiger partial charge < -0.3 is 26.4 Å². The van der Waals surface area contributed by atoms with E-state index in [-0.39, 0.29) is 54.6 Å². The molecule has 1 aromatic carbocycles. The molecular weight excluding hydrogens is 670 g/mol. The Labute approximate surface area is 320 Å². The summed E-state index contributed by atoms with van der Waals surface area (Å²) in [5.41, 5.74) is -4.28. The summed E-state index contributed by atoms with van der Waals surface area (Å²) in [6.07, 6.45) is 0.455. The van der Waals surface area contributed by atoms with Crippen LogP contribution in [-0.2, 0) is 37.1 Å². The molecule has 1 unspecified atom stereocenters. The van der Waals surface area contributed by atoms with Gasteiger partial charge in [-0.15, -0.1) is 0 Å². The Morgan fingerprint density at radius 3 is 1.77 bits per heavy atom. The minimum absolute atomic E-state index is 0.0825. The van der Waals surface area contributed by atoms with Gasteiger partial charge in [0.05, 0.1) is 18.6 Å². The van der Waals surface area contributed by atoms with Gasteiger partial charge in [-0.1, -0.05) is 86.6 Å². The Kier molecular flexibility index (Phi) is 16.4. The van der Waals surface area contributed by atoms with Gasteiger partial charge in [0.25, 0.3) is 0 Å². The first-order chi connectivity index (χ1) is 23.8. The maximum absolute atomic E-state index is 14.1. The van der Waals surface area contributed by atoms with Crippen molar-refractivity contribution in [2.24, 2.45) is 27.6 Å². The number of carbonyl (C=O) groups excluding carboxylic acids is 5. The zero-order valence-electron chi connectivity index (χ0n) is 35.8. The maximum atomic E-state index is 14.1. The Balaban J connectivity index is 2.77. The molecule has 302 valence electrons. The molecule has 1 aromatic rings. The van der Waals surface area contributed by atoms with Crippen LogP contribution in [0.5, 0.6) is 0 Å². The van der Waals surface area contributed by atoms with Gasteiger partial charge in [-0.2, -0.15) is 0 Å². The Hall–Kier alpha value is -2.99. The molecule has 0 radical (unpaired) electrons. The lowest BCUT2D eigenvalue weighted by Crippen LogP contribution is -2.59. The van der Waals surface area contributed by atoms with Crippen molar-refractivity contribution in [2.75, 3.05) is 20.3 Å². The summed E-state index contributed by atoms with van der Waals surface area (Å²) in [5, 5.41) is 25.8. The van der Waals surface area contributed by atoms with E-state index in [0.717, 1.165) is 17.7 Å². The van der Waals surface area contributed by atoms with Crippen LogP contribution in [0.1, 0.15) is 134 Å². The number of carbonyl (C=O) groups is 5. The first-order valence-electron chi connectivity index (χ1n) is 18.9. The number of hydrogen-bond acceptors (Lipinski definition) is 9. The first-order valence-corrected chi connectivity index (χ1v) is 18.9. The fraction of sp³-hybridized carbons (Fsp3) is 0.738. The van der Waals surface area contributed by atoms with Crippen LogP contribution in [0.25, 0.3) is 0 Å². The minimum atomic E-state index is -1.49. The third kappa shape index (κ3) is 14.6. The molecule has 2 amide bonds. The fourth-order valence-electron chi connectivity index (χ4n) is 7.94. The summed E-state index contributed by atoms with van der Waals surface area (Å²) >= 11 is 0. The van der Waals surface area contributed by atoms with Crippen molar-refractivity contribution in [1.29, 1.82) is 0 Å². The molecule has 0 saturated carbocycles. The van der Waals surface area contributed by atoms with Crippen LogP contribution in [-0.4, -0.2) is 71.2 Å². The maximum Gasteiger partial charge on any atom is 0.227 e. The quantitative estimate of drug-likeness (QED) is 0.0501. The van der Waals surface area contributed by atoms with Crippen LogP contribution in [0.3, 0.4) is 0 Å². The fourth-order valence-corrected chi connectivity index (χ4v) is 7.94. The van der Waals surface area contributed by atoms with Crippen molar-refractivity contribution in [2.45, 2.75) is 153 Å². The molecule has 1 rings (SSSR count). The summed E-state index contributed by atoms with van der Waals surface area (Å²) in [7, 11) is 1.88. The molecule has 6 N–H and O–H groups in total. The number of nitrogens with one attached hydrogen (secondary N) is 5. The highest BCUT2D eigenvalue weighted by Crippen LogP contribution is 2.40. The van der Waals surface area contributed by atoms with Gasteiger partial charge >= 0.3 is 0 Å². The number of Topliss-reactive ketones (excluding diaryl/α,β-unsaturated/α-hetero) is 3. The van der Waals surface area contributed by atoms with Crippen LogP contribution in [0, 0.1) is 27.6 Å². The van der Waals surface area contributed by atoms with Crippen LogP contribution in [0.4, 0.5) is 0 Å². The molecule has 11 nitrogen and oxygen atoms in total. The number of ketones is 3. The van der Waals surface area contributed by atoms with Crippen molar-refractivity contribution in [3.8, 4) is 0 Å². The van der Waals surface area contributed by atoms with E-state index in [2.05, 4.69) is 26.6 Å². The summed E-state index contributed by atoms with van der Waals surface area (Å²) in [5.74, 6) is -1.11. The lowest BCUT2D eigenvalue weighted by Gasteiger charge is -2.44. The molecule has 0 fully saturated rings. The summed E-state index contributed by atoms with van der Waals surface area (Å²) in [6.45, 7) is 29.0. The van der Waals surface area contributed by atoms with Gasteiger partial charge in [0.2, 0.25) is 11.8 Å². The average Bonchev–Trinajstić information content (AvgIpc) is 2.99. The molecule has 0 aliphatic heterocycles. The third-order valence-electron chi connectivity index (χ3n) is 10.3. The van der Waals surface area contributed by atoms with E-state index in [9.17, 15) is 29.1 Å². The molecule has 11 heteroatoms. The van der Waals surface area contributed by atoms with Crippen LogP contribution >= 0.6 is 0 Å². The van der Waals surface area contributed by atoms with Gasteiger partial charge in [0.1, 0.15) is 11.4 Å². The molecule has 1 atom stereocenters. The second-order valence-electron chi connectivity index (χ2n) is 19.3. The van der Waals surface area contributed by atoms with Gasteiger partial charge in [-0.05, 0) is 78.5 Å². The highest BCUT2D eigenvalue weighted by Gasteiger charge is 2.46. The molecule has 0 aliphatic rings. The topological polar surface area (TPSA) is 166 Å². The molecule has 0 heterocycles. The number of aliphatic hydroxyl groups is 1. The van der Waals surface area contributed by atoms with E-state index >= 15 is 0 Å². The third-order valence-corrected chi connectivity index (χ3v) is 10.3. The second kappa shape index (κ2) is 18.1. The van der Waals surface area contributed by atoms with E-state index in [4.69, 9.17) is 0 Å². The zero-order chi connectivity index (χ0) is 41.4. The zero-order valence-corrected chi connectivity index (χ0v) is 35.8. The van der Waals surface area contributed by atoms with Crippen LogP contribution in [0.15, 0.2) is 24.3 Å². The highest BCUT2D eigenvalue weighted by molar-refractivity contribution is 6.02. The van der Waals surface area contributed by atoms with Crippen molar-refractivity contribution in [1.82, 2.24) is 26.6 Å². The standard InChI is InChI=1S/C42H73N5O6/c1-28(22-44-27-46-35(52)38(6,7)25-36(2,3)34(51)42(14,15)53)40(10,11)33(50)37(4,5)26-39(8,9)47-41(12,13)31(48)21-32(49)45-24-30-19-17-18-29(20-30)23-43-16/h17-20,28,43-44,47,53H,21-27H2,1-16H3,(H,45,49)(H,46,52). The number of hydrogen-bond donors (Lipinski definition) is 6. The second-order valence-corrected chi connectivity index (χ2v) is 19.3. The van der Waals surface area contributed by atoms with Crippen molar-refractivity contribution < 1.29 is 29.1 Å². The highest BCUT2D eigenvalue weighted by atomic mass is 16.3. The molecule has 0 spiro atoms. The molecule has 0 aliphatic carbocycles. The van der Waals surface area contributed by atoms with E-state index in [1.54, 1.807) is 41.5 Å². The van der Waals surface area contributed by atoms with E-state index < -0.39 is 38.3 Å². The normalized spacial score (nSPS) is 14.1. The molecule has 0 aromatic heterocycles. The SMILES string of the molecule is CNCc1cccc(CNC(=O)CC(=O)C(C)(C)NC(C)(C)CC(C)(C)C(=O)C(C)(C)C(C)CNCNC(=O)C(C)(C)CC(C)(C)C(=O)C(C)(C)O)c1. The van der Waals surface area contributed by atoms with Gasteiger partial charge in [-0.3, -0.25) is 29.3 Å². The van der Waals surface area contributed by atoms with Gasteiger partial charge in [0.15, 0.2) is 11.6 Å². The van der Waals surface area contributed by atoms with E-state index in [1.807, 2.05) is 79.8 Å². The van der Waals surface area contributed by atoms with E-state index in [1.165, 1.54) is 13.8 Å². The lowest BCUT2D eigenvalue weighted by atomic mass is 9.64. The van der Waals surface area contributed by atoms with Crippen molar-refractivity contribution >= 4 is 29.2 Å². The van der Waals surface area contributed by atoms with Crippen LogP contribution < -0.4 is 26.6 Å². The Bertz CT molecular complexity index is 1450. The lowest BCUT2D eigenvalue weighted by molar-refractivity contribution is -0.146. The van der Waals surface area contributed by atoms with Crippen molar-refractivity contribution in [3.05, 3.63) is 35.4 Å². The first kappa shape index (κ1) is 48.0. The smallest absolute Gasteiger partial charge is 0.227 e. The predicted molar refractivity (Wildman–Crippen MR) is 213 cm³/mol. The molecule has 0 bridgehead atoms. The molecular formula is C42H73N5O6. The monoisotopic (exact) mass is 744 g/mol.